The summed E-state index contributed by atoms with van der Waals surface area (Å²) < 4.78 is 9.96. The Bertz CT molecular complexity index is 1150. The lowest BCUT2D eigenvalue weighted by Gasteiger charge is -2.23. The summed E-state index contributed by atoms with van der Waals surface area (Å²) in [7, 11) is 1.25. The first-order chi connectivity index (χ1) is 20.8. The Morgan fingerprint density at radius 1 is 0.955 bits per heavy atom. The molecule has 0 saturated heterocycles. The van der Waals surface area contributed by atoms with Crippen molar-refractivity contribution in [1.29, 1.82) is 0 Å². The smallest absolute Gasteiger partial charge is 0.338 e. The Labute approximate surface area is 261 Å². The fourth-order valence-electron chi connectivity index (χ4n) is 4.02. The average molecular weight is 615 g/mol. The quantitative estimate of drug-likeness (QED) is 0.163. The van der Waals surface area contributed by atoms with Crippen LogP contribution in [-0.4, -0.2) is 85.8 Å². The molecule has 11 heteroatoms. The molecule has 5 N–H and O–H groups in total. The molecular formula is C33H50N4O7. The van der Waals surface area contributed by atoms with Gasteiger partial charge in [-0.25, -0.2) is 9.59 Å². The number of hydrogen-bond acceptors (Lipinski definition) is 9. The lowest BCUT2D eigenvalue weighted by Crippen LogP contribution is -2.52. The van der Waals surface area contributed by atoms with Gasteiger partial charge in [-0.1, -0.05) is 65.0 Å². The summed E-state index contributed by atoms with van der Waals surface area (Å²) in [4.78, 5) is 49.6. The second-order valence-electron chi connectivity index (χ2n) is 11.5. The highest BCUT2D eigenvalue weighted by atomic mass is 16.5. The first kappa shape index (κ1) is 38.1. The van der Waals surface area contributed by atoms with Gasteiger partial charge in [-0.2, -0.15) is 0 Å². The fraction of sp³-hybridized carbons (Fsp3) is 0.515. The van der Waals surface area contributed by atoms with Crippen LogP contribution < -0.4 is 16.4 Å². The number of esters is 2. The predicted octanol–water partition coefficient (Wildman–Crippen LogP) is 3.52. The minimum absolute atomic E-state index is 0.0547. The highest BCUT2D eigenvalue weighted by Gasteiger charge is 2.28. The largest absolute Gasteiger partial charge is 0.481 e. The maximum Gasteiger partial charge on any atom is 0.338 e. The van der Waals surface area contributed by atoms with Gasteiger partial charge in [0.2, 0.25) is 5.91 Å². The van der Waals surface area contributed by atoms with Gasteiger partial charge in [-0.3, -0.25) is 9.59 Å². The van der Waals surface area contributed by atoms with Crippen LogP contribution in [0.4, 0.5) is 5.69 Å². The van der Waals surface area contributed by atoms with E-state index in [0.717, 1.165) is 31.6 Å². The number of methoxy groups -OCH3 is 1. The third-order valence-electron chi connectivity index (χ3n) is 6.73. The van der Waals surface area contributed by atoms with E-state index in [9.17, 15) is 19.2 Å². The normalized spacial score (nSPS) is 12.3. The first-order valence-electron chi connectivity index (χ1n) is 14.9. The zero-order valence-corrected chi connectivity index (χ0v) is 26.9. The van der Waals surface area contributed by atoms with E-state index in [0.29, 0.717) is 24.4 Å². The summed E-state index contributed by atoms with van der Waals surface area (Å²) in [6, 6.07) is 14.2. The molecule has 0 heterocycles. The van der Waals surface area contributed by atoms with Crippen LogP contribution in [0.15, 0.2) is 54.6 Å². The Kier molecular flexibility index (Phi) is 17.4. The second-order valence-corrected chi connectivity index (χ2v) is 11.5. The van der Waals surface area contributed by atoms with Gasteiger partial charge < -0.3 is 35.8 Å². The molecule has 11 nitrogen and oxygen atoms in total. The number of amides is 1. The van der Waals surface area contributed by atoms with E-state index < -0.39 is 29.9 Å². The molecule has 2 atom stereocenters. The monoisotopic (exact) mass is 614 g/mol. The number of likely N-dealkylation sites (N-methyl/N-ethyl adjacent to an activating group) is 1. The molecule has 0 saturated carbocycles. The Morgan fingerprint density at radius 2 is 1.57 bits per heavy atom. The highest BCUT2D eigenvalue weighted by Crippen LogP contribution is 2.17. The number of nitrogens with zero attached hydrogens (tertiary/aromatic N) is 1. The number of carboxylic acids is 1. The molecule has 0 unspecified atom stereocenters. The molecule has 0 bridgehead atoms. The van der Waals surface area contributed by atoms with Crippen molar-refractivity contribution in [3.63, 3.8) is 0 Å². The molecular weight excluding hydrogens is 564 g/mol. The molecule has 0 spiro atoms. The number of hydrogen-bond donors (Lipinski definition) is 4. The number of nitrogen functional groups attached to an aromatic ring is 1. The van der Waals surface area contributed by atoms with Crippen LogP contribution in [0.5, 0.6) is 0 Å². The van der Waals surface area contributed by atoms with E-state index >= 15 is 0 Å². The maximum atomic E-state index is 12.6. The van der Waals surface area contributed by atoms with Gasteiger partial charge in [0.05, 0.1) is 25.1 Å². The molecule has 1 amide bonds. The molecule has 0 aromatic heterocycles. The van der Waals surface area contributed by atoms with Crippen molar-refractivity contribution in [2.75, 3.05) is 45.6 Å². The maximum absolute atomic E-state index is 12.6. The number of carbonyl (C=O) groups excluding carboxylic acids is 3. The van der Waals surface area contributed by atoms with Crippen LogP contribution in [0.1, 0.15) is 63.4 Å². The Balaban J connectivity index is 0.000000488. The van der Waals surface area contributed by atoms with Gasteiger partial charge >= 0.3 is 17.9 Å². The Hall–Kier alpha value is -3.96. The summed E-state index contributed by atoms with van der Waals surface area (Å²) in [5, 5.41) is 14.7. The van der Waals surface area contributed by atoms with Gasteiger partial charge in [0.1, 0.15) is 12.6 Å². The summed E-state index contributed by atoms with van der Waals surface area (Å²) >= 11 is 0. The van der Waals surface area contributed by atoms with Gasteiger partial charge in [0.15, 0.2) is 0 Å². The number of rotatable bonds is 16. The van der Waals surface area contributed by atoms with Gasteiger partial charge in [-0.05, 0) is 61.3 Å². The topological polar surface area (TPSA) is 160 Å². The van der Waals surface area contributed by atoms with E-state index in [-0.39, 0.29) is 24.2 Å². The zero-order valence-electron chi connectivity index (χ0n) is 26.9. The van der Waals surface area contributed by atoms with Crippen molar-refractivity contribution in [2.24, 2.45) is 5.41 Å². The summed E-state index contributed by atoms with van der Waals surface area (Å²) in [5.41, 5.74) is 7.65. The number of carboxylic acid groups (broad SMARTS) is 1. The van der Waals surface area contributed by atoms with E-state index in [1.165, 1.54) is 7.11 Å². The van der Waals surface area contributed by atoms with Crippen molar-refractivity contribution in [2.45, 2.75) is 66.0 Å². The van der Waals surface area contributed by atoms with E-state index in [2.05, 4.69) is 50.2 Å². The number of nitrogens with one attached hydrogen (secondary N) is 2. The van der Waals surface area contributed by atoms with Gasteiger partial charge in [-0.15, -0.1) is 0 Å². The van der Waals surface area contributed by atoms with E-state index in [1.807, 2.05) is 30.3 Å². The molecule has 2 aromatic rings. The van der Waals surface area contributed by atoms with E-state index in [4.69, 9.17) is 20.3 Å². The lowest BCUT2D eigenvalue weighted by molar-refractivity contribution is -0.145. The molecule has 2 rings (SSSR count). The number of carbonyl (C=O) groups is 4. The van der Waals surface area contributed by atoms with Crippen LogP contribution in [0.2, 0.25) is 0 Å². The molecule has 0 aliphatic rings. The van der Waals surface area contributed by atoms with Gasteiger partial charge in [0.25, 0.3) is 0 Å². The van der Waals surface area contributed by atoms with Gasteiger partial charge in [0, 0.05) is 18.7 Å². The van der Waals surface area contributed by atoms with Crippen molar-refractivity contribution in [3.8, 4) is 0 Å². The SMILES string of the molecule is CCN(CC)CCOC(=O)c1ccc(N)cc1.COC(=O)[C@H](Cc1ccccc1)NC(=O)[C@H](CC(=O)O)NCCC(C)(C)C. The number of aliphatic carboxylic acids is 1. The summed E-state index contributed by atoms with van der Waals surface area (Å²) in [6.07, 6.45) is 0.678. The molecule has 0 radical (unpaired) electrons. The van der Waals surface area contributed by atoms with Crippen molar-refractivity contribution < 1.29 is 33.8 Å². The third kappa shape index (κ3) is 16.0. The number of ether oxygens (including phenoxy) is 2. The van der Waals surface area contributed by atoms with Crippen molar-refractivity contribution >= 4 is 29.5 Å². The van der Waals surface area contributed by atoms with Crippen molar-refractivity contribution in [1.82, 2.24) is 15.5 Å². The average Bonchev–Trinajstić information content (AvgIpc) is 2.98. The van der Waals surface area contributed by atoms with Crippen LogP contribution in [0.25, 0.3) is 0 Å². The zero-order chi connectivity index (χ0) is 33.1. The lowest BCUT2D eigenvalue weighted by atomic mass is 9.92. The standard InChI is InChI=1S/C20H30N2O5.C13H20N2O2/c1-20(2,3)10-11-21-15(13-17(23)24)18(25)22-16(19(26)27-4)12-14-8-6-5-7-9-14;1-3-15(4-2)9-10-17-13(16)11-5-7-12(14)8-6-11/h5-9,15-16,21H,10-13H2,1-4H3,(H,22,25)(H,23,24);5-8H,3-4,9-10,14H2,1-2H3/t15-,16-;/m0./s1. The third-order valence-corrected chi connectivity index (χ3v) is 6.73. The molecule has 244 valence electrons. The molecule has 2 aromatic carbocycles. The second kappa shape index (κ2) is 20.1. The van der Waals surface area contributed by atoms with Crippen LogP contribution >= 0.6 is 0 Å². The molecule has 0 fully saturated rings. The van der Waals surface area contributed by atoms with Crippen molar-refractivity contribution in [3.05, 3.63) is 65.7 Å². The van der Waals surface area contributed by atoms with E-state index in [1.54, 1.807) is 24.3 Å². The molecule has 0 aliphatic heterocycles. The van der Waals surface area contributed by atoms with Crippen LogP contribution in [0.3, 0.4) is 0 Å². The molecule has 0 aliphatic carbocycles. The summed E-state index contributed by atoms with van der Waals surface area (Å²) in [6.45, 7) is 14.0. The number of nitrogens with two attached hydrogens (primary N) is 1. The Morgan fingerprint density at radius 3 is 2.09 bits per heavy atom. The number of benzene rings is 2. The van der Waals surface area contributed by atoms with Crippen LogP contribution in [0, 0.1) is 5.41 Å². The summed E-state index contributed by atoms with van der Waals surface area (Å²) in [5.74, 6) is -2.48. The predicted molar refractivity (Wildman–Crippen MR) is 171 cm³/mol. The highest BCUT2D eigenvalue weighted by molar-refractivity contribution is 5.90. The van der Waals surface area contributed by atoms with Crippen LogP contribution in [-0.2, 0) is 30.3 Å². The fourth-order valence-corrected chi connectivity index (χ4v) is 4.02. The molecule has 44 heavy (non-hydrogen) atoms. The first-order valence-corrected chi connectivity index (χ1v) is 14.9. The minimum atomic E-state index is -1.09. The number of anilines is 1. The minimum Gasteiger partial charge on any atom is -0.481 e.